The Labute approximate surface area is 95.5 Å². The van der Waals surface area contributed by atoms with E-state index < -0.39 is 0 Å². The monoisotopic (exact) mass is 225 g/mol. The first-order valence-corrected chi connectivity index (χ1v) is 6.56. The summed E-state index contributed by atoms with van der Waals surface area (Å²) in [5, 5.41) is 3.48. The molecule has 1 fully saturated rings. The van der Waals surface area contributed by atoms with Crippen LogP contribution in [0, 0.1) is 6.92 Å². The van der Waals surface area contributed by atoms with E-state index in [1.165, 1.54) is 43.0 Å². The summed E-state index contributed by atoms with van der Waals surface area (Å²) in [6, 6.07) is 0. The molecule has 2 heterocycles. The summed E-state index contributed by atoms with van der Waals surface area (Å²) in [4.78, 5) is 8.15. The molecular weight excluding hydrogens is 206 g/mol. The van der Waals surface area contributed by atoms with Gasteiger partial charge < -0.3 is 10.2 Å². The quantitative estimate of drug-likeness (QED) is 0.772. The largest absolute Gasteiger partial charge is 0.311 e. The van der Waals surface area contributed by atoms with E-state index in [1.54, 1.807) is 11.3 Å². The zero-order valence-corrected chi connectivity index (χ0v) is 10.1. The molecule has 1 aromatic heterocycles. The Morgan fingerprint density at radius 3 is 2.93 bits per heavy atom. The van der Waals surface area contributed by atoms with Gasteiger partial charge in [-0.1, -0.05) is 0 Å². The van der Waals surface area contributed by atoms with E-state index >= 15 is 0 Å². The van der Waals surface area contributed by atoms with Gasteiger partial charge in [0.05, 0.1) is 11.2 Å². The third kappa shape index (κ3) is 3.26. The molecule has 0 spiro atoms. The molecule has 0 atom stereocenters. The van der Waals surface area contributed by atoms with E-state index in [2.05, 4.69) is 22.1 Å². The van der Waals surface area contributed by atoms with Crippen LogP contribution >= 0.6 is 11.3 Å². The molecule has 0 bridgehead atoms. The average molecular weight is 225 g/mol. The van der Waals surface area contributed by atoms with Crippen LogP contribution in [0.25, 0.3) is 0 Å². The first-order chi connectivity index (χ1) is 7.36. The van der Waals surface area contributed by atoms with Gasteiger partial charge in [0.2, 0.25) is 0 Å². The van der Waals surface area contributed by atoms with E-state index in [-0.39, 0.29) is 0 Å². The van der Waals surface area contributed by atoms with Crippen LogP contribution in [0.2, 0.25) is 0 Å². The van der Waals surface area contributed by atoms with Crippen LogP contribution in [0.15, 0.2) is 5.51 Å². The molecule has 1 aliphatic heterocycles. The molecule has 0 aromatic carbocycles. The summed E-state index contributed by atoms with van der Waals surface area (Å²) in [7, 11) is 0. The summed E-state index contributed by atoms with van der Waals surface area (Å²) >= 11 is 1.75. The van der Waals surface area contributed by atoms with Crippen molar-refractivity contribution >= 4 is 11.3 Å². The van der Waals surface area contributed by atoms with Gasteiger partial charge in [0, 0.05) is 24.5 Å². The Kier molecular flexibility index (Phi) is 4.11. The van der Waals surface area contributed by atoms with Gasteiger partial charge in [-0.25, -0.2) is 4.98 Å². The zero-order valence-electron chi connectivity index (χ0n) is 9.33. The third-order valence-corrected chi connectivity index (χ3v) is 3.87. The Hall–Kier alpha value is -0.450. The van der Waals surface area contributed by atoms with Crippen LogP contribution in [-0.2, 0) is 6.54 Å². The minimum Gasteiger partial charge on any atom is -0.311 e. The maximum atomic E-state index is 4.24. The van der Waals surface area contributed by atoms with Crippen molar-refractivity contribution in [3.05, 3.63) is 16.1 Å². The van der Waals surface area contributed by atoms with Crippen LogP contribution in [0.3, 0.4) is 0 Å². The van der Waals surface area contributed by atoms with Gasteiger partial charge >= 0.3 is 0 Å². The number of rotatable bonds is 5. The molecule has 84 valence electrons. The lowest BCUT2D eigenvalue weighted by Crippen LogP contribution is -2.29. The van der Waals surface area contributed by atoms with Crippen molar-refractivity contribution in [3.8, 4) is 0 Å². The highest BCUT2D eigenvalue weighted by molar-refractivity contribution is 7.09. The number of thiazole rings is 1. The summed E-state index contributed by atoms with van der Waals surface area (Å²) in [5.74, 6) is 0. The first kappa shape index (κ1) is 11.0. The summed E-state index contributed by atoms with van der Waals surface area (Å²) < 4.78 is 0. The van der Waals surface area contributed by atoms with Gasteiger partial charge in [-0.2, -0.15) is 0 Å². The van der Waals surface area contributed by atoms with E-state index in [4.69, 9.17) is 0 Å². The Bertz CT molecular complexity index is 292. The van der Waals surface area contributed by atoms with Gasteiger partial charge in [0.15, 0.2) is 0 Å². The molecule has 1 saturated heterocycles. The lowest BCUT2D eigenvalue weighted by molar-refractivity contribution is 0.336. The first-order valence-electron chi connectivity index (χ1n) is 5.68. The van der Waals surface area contributed by atoms with Crippen molar-refractivity contribution < 1.29 is 0 Å². The van der Waals surface area contributed by atoms with Gasteiger partial charge in [-0.15, -0.1) is 11.3 Å². The molecule has 0 saturated carbocycles. The number of hydrogen-bond donors (Lipinski definition) is 1. The molecule has 0 amide bonds. The Morgan fingerprint density at radius 1 is 1.47 bits per heavy atom. The minimum absolute atomic E-state index is 0.977. The van der Waals surface area contributed by atoms with Gasteiger partial charge in [-0.3, -0.25) is 0 Å². The lowest BCUT2D eigenvalue weighted by Gasteiger charge is -2.14. The Morgan fingerprint density at radius 2 is 2.27 bits per heavy atom. The minimum atomic E-state index is 0.977. The summed E-state index contributed by atoms with van der Waals surface area (Å²) in [5.41, 5.74) is 3.10. The maximum absolute atomic E-state index is 4.24. The predicted molar refractivity (Wildman–Crippen MR) is 64.2 cm³/mol. The molecular formula is C11H19N3S. The molecule has 2 rings (SSSR count). The number of aromatic nitrogens is 1. The zero-order chi connectivity index (χ0) is 10.5. The number of likely N-dealkylation sites (tertiary alicyclic amines) is 1. The highest BCUT2D eigenvalue weighted by Gasteiger charge is 2.10. The van der Waals surface area contributed by atoms with Crippen molar-refractivity contribution in [1.29, 1.82) is 0 Å². The molecule has 15 heavy (non-hydrogen) atoms. The molecule has 0 unspecified atom stereocenters. The van der Waals surface area contributed by atoms with Gasteiger partial charge in [-0.05, 0) is 32.9 Å². The van der Waals surface area contributed by atoms with E-state index in [9.17, 15) is 0 Å². The van der Waals surface area contributed by atoms with Gasteiger partial charge in [0.1, 0.15) is 0 Å². The normalized spacial score (nSPS) is 17.4. The standard InChI is InChI=1S/C11H19N3S/c1-10-11(15-9-13-10)8-12-4-7-14-5-2-3-6-14/h9,12H,2-8H2,1H3. The fourth-order valence-corrected chi connectivity index (χ4v) is 2.69. The molecule has 1 N–H and O–H groups in total. The second-order valence-corrected chi connectivity index (χ2v) is 5.03. The van der Waals surface area contributed by atoms with Gasteiger partial charge in [0.25, 0.3) is 0 Å². The van der Waals surface area contributed by atoms with Crippen LogP contribution < -0.4 is 5.32 Å². The molecule has 0 aliphatic carbocycles. The highest BCUT2D eigenvalue weighted by atomic mass is 32.1. The van der Waals surface area contributed by atoms with E-state index in [0.29, 0.717) is 0 Å². The average Bonchev–Trinajstić information content (AvgIpc) is 2.85. The SMILES string of the molecule is Cc1ncsc1CNCCN1CCCC1. The maximum Gasteiger partial charge on any atom is 0.0798 e. The summed E-state index contributed by atoms with van der Waals surface area (Å²) in [6.45, 7) is 7.93. The van der Waals surface area contributed by atoms with Crippen molar-refractivity contribution in [2.75, 3.05) is 26.2 Å². The molecule has 4 heteroatoms. The number of nitrogens with zero attached hydrogens (tertiary/aromatic N) is 2. The highest BCUT2D eigenvalue weighted by Crippen LogP contribution is 2.11. The lowest BCUT2D eigenvalue weighted by atomic mass is 10.4. The van der Waals surface area contributed by atoms with Crippen LogP contribution in [-0.4, -0.2) is 36.1 Å². The second kappa shape index (κ2) is 5.58. The van der Waals surface area contributed by atoms with E-state index in [0.717, 1.165) is 13.1 Å². The third-order valence-electron chi connectivity index (χ3n) is 2.93. The number of nitrogens with one attached hydrogen (secondary N) is 1. The molecule has 3 nitrogen and oxygen atoms in total. The van der Waals surface area contributed by atoms with Crippen LogP contribution in [0.1, 0.15) is 23.4 Å². The van der Waals surface area contributed by atoms with Crippen molar-refractivity contribution in [3.63, 3.8) is 0 Å². The molecule has 1 aliphatic rings. The number of hydrogen-bond acceptors (Lipinski definition) is 4. The fourth-order valence-electron chi connectivity index (χ4n) is 1.94. The fraction of sp³-hybridized carbons (Fsp3) is 0.727. The van der Waals surface area contributed by atoms with Crippen molar-refractivity contribution in [2.24, 2.45) is 0 Å². The second-order valence-electron chi connectivity index (χ2n) is 4.09. The van der Waals surface area contributed by atoms with E-state index in [1.807, 2.05) is 5.51 Å². The molecule has 0 radical (unpaired) electrons. The van der Waals surface area contributed by atoms with Crippen LogP contribution in [0.4, 0.5) is 0 Å². The van der Waals surface area contributed by atoms with Crippen LogP contribution in [0.5, 0.6) is 0 Å². The van der Waals surface area contributed by atoms with Crippen molar-refractivity contribution in [1.82, 2.24) is 15.2 Å². The summed E-state index contributed by atoms with van der Waals surface area (Å²) in [6.07, 6.45) is 2.77. The molecule has 1 aromatic rings. The number of aryl methyl sites for hydroxylation is 1. The van der Waals surface area contributed by atoms with Crippen molar-refractivity contribution in [2.45, 2.75) is 26.3 Å². The topological polar surface area (TPSA) is 28.2 Å². The smallest absolute Gasteiger partial charge is 0.0798 e. The predicted octanol–water partition coefficient (Wildman–Crippen LogP) is 1.64. The Balaban J connectivity index is 1.60.